The van der Waals surface area contributed by atoms with Crippen molar-refractivity contribution in [3.63, 3.8) is 0 Å². The van der Waals surface area contributed by atoms with Crippen molar-refractivity contribution in [1.82, 2.24) is 14.5 Å². The van der Waals surface area contributed by atoms with Crippen molar-refractivity contribution in [2.45, 2.75) is 32.3 Å². The fraction of sp³-hybridized carbons (Fsp3) is 0.375. The Kier molecular flexibility index (Phi) is 3.00. The van der Waals surface area contributed by atoms with Crippen molar-refractivity contribution in [2.24, 2.45) is 0 Å². The molecule has 0 bridgehead atoms. The molecule has 0 saturated carbocycles. The first-order chi connectivity index (χ1) is 10.3. The van der Waals surface area contributed by atoms with Gasteiger partial charge in [0, 0.05) is 18.9 Å². The summed E-state index contributed by atoms with van der Waals surface area (Å²) < 4.78 is 13.7. The van der Waals surface area contributed by atoms with Crippen LogP contribution in [0.2, 0.25) is 0 Å². The van der Waals surface area contributed by atoms with Gasteiger partial charge in [-0.3, -0.25) is 0 Å². The molecule has 21 heavy (non-hydrogen) atoms. The molecular formula is C16H17N3O2. The lowest BCUT2D eigenvalue weighted by molar-refractivity contribution is 0.00856. The maximum atomic E-state index is 5.91. The standard InChI is InChI=1S/C16H17N3O2/c1-11-7-8-14(21-11)19-15-12(5-4-9-17-15)18-16(19)13-6-2-3-10-20-13/h4-5,7-9,13H,2-3,6,10H2,1H3. The maximum Gasteiger partial charge on any atom is 0.206 e. The molecule has 108 valence electrons. The SMILES string of the molecule is Cc1ccc(-n2c(C3CCCCO3)nc3cccnc32)o1. The fourth-order valence-corrected chi connectivity index (χ4v) is 2.85. The first-order valence-electron chi connectivity index (χ1n) is 7.35. The summed E-state index contributed by atoms with van der Waals surface area (Å²) in [5.41, 5.74) is 1.69. The van der Waals surface area contributed by atoms with Crippen molar-refractivity contribution >= 4 is 11.2 Å². The van der Waals surface area contributed by atoms with Crippen LogP contribution in [0, 0.1) is 6.92 Å². The Bertz CT molecular complexity index is 769. The van der Waals surface area contributed by atoms with E-state index in [4.69, 9.17) is 14.1 Å². The first-order valence-corrected chi connectivity index (χ1v) is 7.35. The molecule has 1 aliphatic heterocycles. The molecule has 3 aromatic rings. The van der Waals surface area contributed by atoms with E-state index in [1.807, 2.05) is 35.8 Å². The number of rotatable bonds is 2. The summed E-state index contributed by atoms with van der Waals surface area (Å²) in [6.07, 6.45) is 5.07. The Hall–Kier alpha value is -2.14. The zero-order chi connectivity index (χ0) is 14.2. The van der Waals surface area contributed by atoms with Gasteiger partial charge in [0.15, 0.2) is 5.65 Å². The number of aryl methyl sites for hydroxylation is 1. The van der Waals surface area contributed by atoms with E-state index in [0.717, 1.165) is 48.1 Å². The molecule has 5 heteroatoms. The first kappa shape index (κ1) is 12.6. The highest BCUT2D eigenvalue weighted by Gasteiger charge is 2.25. The number of pyridine rings is 1. The number of aromatic nitrogens is 3. The van der Waals surface area contributed by atoms with E-state index in [1.54, 1.807) is 6.20 Å². The van der Waals surface area contributed by atoms with Gasteiger partial charge in [-0.05, 0) is 44.4 Å². The lowest BCUT2D eigenvalue weighted by Crippen LogP contribution is -2.16. The van der Waals surface area contributed by atoms with Crippen molar-refractivity contribution in [3.8, 4) is 5.88 Å². The van der Waals surface area contributed by atoms with Gasteiger partial charge < -0.3 is 9.15 Å². The predicted octanol–water partition coefficient (Wildman–Crippen LogP) is 3.56. The summed E-state index contributed by atoms with van der Waals surface area (Å²) in [7, 11) is 0. The number of furan rings is 1. The highest BCUT2D eigenvalue weighted by molar-refractivity contribution is 5.73. The monoisotopic (exact) mass is 283 g/mol. The van der Waals surface area contributed by atoms with Gasteiger partial charge in [0.2, 0.25) is 5.88 Å². The van der Waals surface area contributed by atoms with Crippen molar-refractivity contribution in [3.05, 3.63) is 42.0 Å². The fourth-order valence-electron chi connectivity index (χ4n) is 2.85. The van der Waals surface area contributed by atoms with Gasteiger partial charge in [0.1, 0.15) is 23.2 Å². The molecule has 1 fully saturated rings. The van der Waals surface area contributed by atoms with E-state index < -0.39 is 0 Å². The minimum Gasteiger partial charge on any atom is -0.445 e. The zero-order valence-electron chi connectivity index (χ0n) is 12.0. The molecule has 1 aliphatic rings. The lowest BCUT2D eigenvalue weighted by atomic mass is 10.1. The van der Waals surface area contributed by atoms with Crippen LogP contribution in [0.5, 0.6) is 0 Å². The minimum absolute atomic E-state index is 0.0124. The molecule has 0 spiro atoms. The Morgan fingerprint density at radius 2 is 2.19 bits per heavy atom. The molecule has 4 heterocycles. The molecule has 0 radical (unpaired) electrons. The Morgan fingerprint density at radius 1 is 1.24 bits per heavy atom. The van der Waals surface area contributed by atoms with Crippen LogP contribution in [-0.4, -0.2) is 21.1 Å². The maximum absolute atomic E-state index is 5.91. The van der Waals surface area contributed by atoms with Crippen molar-refractivity contribution in [1.29, 1.82) is 0 Å². The Balaban J connectivity index is 1.92. The van der Waals surface area contributed by atoms with Gasteiger partial charge in [-0.1, -0.05) is 0 Å². The predicted molar refractivity (Wildman–Crippen MR) is 78.4 cm³/mol. The molecule has 3 aromatic heterocycles. The molecular weight excluding hydrogens is 266 g/mol. The number of hydrogen-bond acceptors (Lipinski definition) is 4. The largest absolute Gasteiger partial charge is 0.445 e. The van der Waals surface area contributed by atoms with Gasteiger partial charge in [0.05, 0.1) is 0 Å². The third-order valence-corrected chi connectivity index (χ3v) is 3.86. The Labute approximate surface area is 122 Å². The summed E-state index contributed by atoms with van der Waals surface area (Å²) >= 11 is 0. The molecule has 4 rings (SSSR count). The molecule has 1 saturated heterocycles. The van der Waals surface area contributed by atoms with E-state index in [0.29, 0.717) is 0 Å². The van der Waals surface area contributed by atoms with Gasteiger partial charge in [-0.2, -0.15) is 0 Å². The Morgan fingerprint density at radius 3 is 2.95 bits per heavy atom. The number of hydrogen-bond donors (Lipinski definition) is 0. The molecule has 1 atom stereocenters. The van der Waals surface area contributed by atoms with Crippen molar-refractivity contribution in [2.75, 3.05) is 6.61 Å². The van der Waals surface area contributed by atoms with Gasteiger partial charge in [0.25, 0.3) is 0 Å². The van der Waals surface area contributed by atoms with Crippen LogP contribution in [0.15, 0.2) is 34.9 Å². The van der Waals surface area contributed by atoms with E-state index >= 15 is 0 Å². The molecule has 0 amide bonds. The lowest BCUT2D eigenvalue weighted by Gasteiger charge is -2.22. The summed E-state index contributed by atoms with van der Waals surface area (Å²) in [5, 5.41) is 0. The topological polar surface area (TPSA) is 53.1 Å². The average molecular weight is 283 g/mol. The molecule has 0 aliphatic carbocycles. The summed E-state index contributed by atoms with van der Waals surface area (Å²) in [6.45, 7) is 2.73. The van der Waals surface area contributed by atoms with Crippen LogP contribution in [0.3, 0.4) is 0 Å². The minimum atomic E-state index is 0.0124. The van der Waals surface area contributed by atoms with Crippen LogP contribution in [0.25, 0.3) is 17.0 Å². The van der Waals surface area contributed by atoms with Crippen LogP contribution in [0.4, 0.5) is 0 Å². The molecule has 1 unspecified atom stereocenters. The quantitative estimate of drug-likeness (QED) is 0.721. The molecule has 5 nitrogen and oxygen atoms in total. The second-order valence-electron chi connectivity index (χ2n) is 5.39. The van der Waals surface area contributed by atoms with Crippen LogP contribution in [-0.2, 0) is 4.74 Å². The highest BCUT2D eigenvalue weighted by Crippen LogP contribution is 2.31. The number of nitrogens with zero attached hydrogens (tertiary/aromatic N) is 3. The third-order valence-electron chi connectivity index (χ3n) is 3.86. The zero-order valence-corrected chi connectivity index (χ0v) is 12.0. The van der Waals surface area contributed by atoms with Gasteiger partial charge in [-0.25, -0.2) is 14.5 Å². The van der Waals surface area contributed by atoms with Crippen LogP contribution >= 0.6 is 0 Å². The summed E-state index contributed by atoms with van der Waals surface area (Å²) in [4.78, 5) is 9.20. The number of fused-ring (bicyclic) bond motifs is 1. The van der Waals surface area contributed by atoms with E-state index in [-0.39, 0.29) is 6.10 Å². The smallest absolute Gasteiger partial charge is 0.206 e. The number of imidazole rings is 1. The normalized spacial score (nSPS) is 19.2. The van der Waals surface area contributed by atoms with Gasteiger partial charge in [-0.15, -0.1) is 0 Å². The van der Waals surface area contributed by atoms with Crippen LogP contribution < -0.4 is 0 Å². The third kappa shape index (κ3) is 2.14. The average Bonchev–Trinajstić information content (AvgIpc) is 3.11. The summed E-state index contributed by atoms with van der Waals surface area (Å²) in [6, 6.07) is 7.78. The summed E-state index contributed by atoms with van der Waals surface area (Å²) in [5.74, 6) is 2.51. The van der Waals surface area contributed by atoms with E-state index in [1.165, 1.54) is 6.42 Å². The molecule has 0 N–H and O–H groups in total. The second-order valence-corrected chi connectivity index (χ2v) is 5.39. The van der Waals surface area contributed by atoms with Gasteiger partial charge >= 0.3 is 0 Å². The van der Waals surface area contributed by atoms with E-state index in [2.05, 4.69) is 4.98 Å². The second kappa shape index (κ2) is 5.00. The van der Waals surface area contributed by atoms with Crippen molar-refractivity contribution < 1.29 is 9.15 Å². The van der Waals surface area contributed by atoms with E-state index in [9.17, 15) is 0 Å². The number of ether oxygens (including phenoxy) is 1. The molecule has 0 aromatic carbocycles. The highest BCUT2D eigenvalue weighted by atomic mass is 16.5. The van der Waals surface area contributed by atoms with Crippen LogP contribution in [0.1, 0.15) is 37.0 Å².